The summed E-state index contributed by atoms with van der Waals surface area (Å²) in [5.74, 6) is 0.321. The van der Waals surface area contributed by atoms with E-state index in [0.717, 1.165) is 35.1 Å². The highest BCUT2D eigenvalue weighted by atomic mass is 35.5. The van der Waals surface area contributed by atoms with E-state index in [-0.39, 0.29) is 30.6 Å². The first kappa shape index (κ1) is 34.4. The molecule has 0 saturated carbocycles. The van der Waals surface area contributed by atoms with Gasteiger partial charge in [-0.2, -0.15) is 0 Å². The normalized spacial score (nSPS) is 20.7. The van der Waals surface area contributed by atoms with Gasteiger partial charge in [0.2, 0.25) is 6.29 Å². The van der Waals surface area contributed by atoms with Gasteiger partial charge in [0.15, 0.2) is 22.8 Å². The van der Waals surface area contributed by atoms with Crippen molar-refractivity contribution in [1.82, 2.24) is 35.6 Å². The second kappa shape index (κ2) is 15.4. The van der Waals surface area contributed by atoms with Crippen LogP contribution in [0.1, 0.15) is 48.6 Å². The number of unbranched alkanes of at least 4 members (excludes halogenated alkanes) is 1. The molecule has 4 aromatic rings. The highest BCUT2D eigenvalue weighted by Gasteiger charge is 2.51. The molecule has 2 aliphatic heterocycles. The molecule has 0 aliphatic carbocycles. The minimum atomic E-state index is -1.35. The largest absolute Gasteiger partial charge is 0.511 e. The highest BCUT2D eigenvalue weighted by Crippen LogP contribution is 2.32. The van der Waals surface area contributed by atoms with Crippen LogP contribution in [0.25, 0.3) is 22.5 Å². The van der Waals surface area contributed by atoms with E-state index in [2.05, 4.69) is 25.6 Å². The number of benzene rings is 2. The Bertz CT molecular complexity index is 1740. The first-order chi connectivity index (χ1) is 23.7. The number of hydrogen-bond acceptors (Lipinski definition) is 15. The van der Waals surface area contributed by atoms with Gasteiger partial charge < -0.3 is 28.3 Å². The van der Waals surface area contributed by atoms with Crippen molar-refractivity contribution in [3.05, 3.63) is 70.8 Å². The molecule has 260 valence electrons. The smallest absolute Gasteiger partial charge is 0.426 e. The van der Waals surface area contributed by atoms with Crippen molar-refractivity contribution in [2.24, 2.45) is 0 Å². The molecular formula is C31H34ClN7O10. The van der Waals surface area contributed by atoms with Crippen LogP contribution in [0.2, 0.25) is 5.15 Å². The molecule has 4 heterocycles. The van der Waals surface area contributed by atoms with Gasteiger partial charge in [0.25, 0.3) is 0 Å². The van der Waals surface area contributed by atoms with Crippen LogP contribution < -0.4 is 0 Å². The van der Waals surface area contributed by atoms with Gasteiger partial charge in [-0.3, -0.25) is 10.4 Å². The number of imidazole rings is 1. The Morgan fingerprint density at radius 3 is 2.47 bits per heavy atom. The van der Waals surface area contributed by atoms with Crippen LogP contribution in [-0.2, 0) is 41.5 Å². The maximum absolute atomic E-state index is 13.4. The highest BCUT2D eigenvalue weighted by molar-refractivity contribution is 6.32. The average molecular weight is 700 g/mol. The number of halogens is 1. The third kappa shape index (κ3) is 7.88. The maximum Gasteiger partial charge on any atom is 0.511 e. The van der Waals surface area contributed by atoms with E-state index >= 15 is 0 Å². The van der Waals surface area contributed by atoms with E-state index in [4.69, 9.17) is 50.5 Å². The van der Waals surface area contributed by atoms with Crippen molar-refractivity contribution in [2.45, 2.75) is 70.4 Å². The predicted octanol–water partition coefficient (Wildman–Crippen LogP) is 3.98. The van der Waals surface area contributed by atoms with E-state index in [0.29, 0.717) is 18.1 Å². The van der Waals surface area contributed by atoms with Crippen molar-refractivity contribution < 1.29 is 48.5 Å². The molecule has 2 aromatic carbocycles. The number of aromatic nitrogens is 6. The van der Waals surface area contributed by atoms with Gasteiger partial charge in [0, 0.05) is 25.5 Å². The Labute approximate surface area is 284 Å². The third-order valence-corrected chi connectivity index (χ3v) is 8.32. The summed E-state index contributed by atoms with van der Waals surface area (Å²) in [6.07, 6.45) is -3.29. The van der Waals surface area contributed by atoms with Gasteiger partial charge in [-0.15, -0.1) is 5.10 Å². The van der Waals surface area contributed by atoms with E-state index in [1.165, 1.54) is 6.92 Å². The van der Waals surface area contributed by atoms with Crippen molar-refractivity contribution in [3.63, 3.8) is 0 Å². The second-order valence-electron chi connectivity index (χ2n) is 11.3. The summed E-state index contributed by atoms with van der Waals surface area (Å²) >= 11 is 6.50. The third-order valence-electron chi connectivity index (χ3n) is 8.06. The Kier molecular flexibility index (Phi) is 10.8. The molecule has 0 radical (unpaired) electrons. The summed E-state index contributed by atoms with van der Waals surface area (Å²) in [5, 5.41) is 31.6. The van der Waals surface area contributed by atoms with Gasteiger partial charge in [-0.25, -0.2) is 24.5 Å². The van der Waals surface area contributed by atoms with Crippen molar-refractivity contribution in [2.75, 3.05) is 13.2 Å². The Hall–Kier alpha value is -4.49. The number of H-pyrrole nitrogens is 1. The Balaban J connectivity index is 1.12. The number of hydrogen-bond donors (Lipinski definition) is 3. The number of rotatable bonds is 13. The summed E-state index contributed by atoms with van der Waals surface area (Å²) in [6.45, 7) is 3.61. The maximum atomic E-state index is 13.4. The number of fused-ring (bicyclic) bond motifs is 1. The molecule has 2 saturated heterocycles. The molecule has 17 nitrogen and oxygen atoms in total. The van der Waals surface area contributed by atoms with Gasteiger partial charge >= 0.3 is 12.1 Å². The second-order valence-corrected chi connectivity index (χ2v) is 11.7. The van der Waals surface area contributed by atoms with Crippen LogP contribution in [0, 0.1) is 0 Å². The van der Waals surface area contributed by atoms with Crippen molar-refractivity contribution >= 4 is 23.7 Å². The fourth-order valence-corrected chi connectivity index (χ4v) is 6.08. The quantitative estimate of drug-likeness (QED) is 0.103. The summed E-state index contributed by atoms with van der Waals surface area (Å²) in [4.78, 5) is 35.3. The Morgan fingerprint density at radius 1 is 1.06 bits per heavy atom. The van der Waals surface area contributed by atoms with E-state index in [1.807, 2.05) is 55.5 Å². The summed E-state index contributed by atoms with van der Waals surface area (Å²) in [7, 11) is 0. The zero-order chi connectivity index (χ0) is 34.5. The molecule has 0 bridgehead atoms. The molecular weight excluding hydrogens is 666 g/mol. The number of nitrogens with one attached hydrogen (secondary N) is 1. The zero-order valence-electron chi connectivity index (χ0n) is 26.5. The molecule has 2 fully saturated rings. The number of aryl methyl sites for hydroxylation is 1. The first-order valence-electron chi connectivity index (χ1n) is 15.5. The molecule has 18 heteroatoms. The fraction of sp³-hybridized carbons (Fsp3) is 0.419. The lowest BCUT2D eigenvalue weighted by atomic mass is 9.98. The van der Waals surface area contributed by atoms with E-state index in [9.17, 15) is 9.59 Å². The lowest BCUT2D eigenvalue weighted by Crippen LogP contribution is -2.37. The van der Waals surface area contributed by atoms with Crippen molar-refractivity contribution in [1.29, 1.82) is 0 Å². The molecule has 6 rings (SSSR count). The van der Waals surface area contributed by atoms with E-state index < -0.39 is 48.2 Å². The van der Waals surface area contributed by atoms with Gasteiger partial charge in [0.05, 0.1) is 18.6 Å². The minimum Gasteiger partial charge on any atom is -0.426 e. The number of aromatic amines is 1. The number of nitrogens with zero attached hydrogens (tertiary/aromatic N) is 6. The molecule has 2 aromatic heterocycles. The SMILES string of the molecule is CCCCc1nc(Cl)c(C(=O)O[C@H](C)OC(=O)O[C@H]2CO[C@H]3[C@@H]2OC[C@H]3ON(O)O)n1Cc1ccc(-c2ccccc2-c2nnn[nH]2)cc1. The van der Waals surface area contributed by atoms with Gasteiger partial charge in [-0.1, -0.05) is 73.5 Å². The molecule has 5 atom stereocenters. The van der Waals surface area contributed by atoms with E-state index in [1.54, 1.807) is 4.57 Å². The van der Waals surface area contributed by atoms with Crippen molar-refractivity contribution in [3.8, 4) is 22.5 Å². The van der Waals surface area contributed by atoms with Crippen LogP contribution in [0.3, 0.4) is 0 Å². The number of carbonyl (C=O) groups excluding carboxylic acids is 2. The number of esters is 1. The lowest BCUT2D eigenvalue weighted by molar-refractivity contribution is -0.507. The van der Waals surface area contributed by atoms with Crippen LogP contribution in [0.15, 0.2) is 48.5 Å². The number of ether oxygens (including phenoxy) is 5. The first-order valence-corrected chi connectivity index (χ1v) is 15.9. The predicted molar refractivity (Wildman–Crippen MR) is 166 cm³/mol. The molecule has 0 amide bonds. The average Bonchev–Trinajstić information content (AvgIpc) is 3.87. The summed E-state index contributed by atoms with van der Waals surface area (Å²) in [6, 6.07) is 15.6. The standard InChI is InChI=1S/C31H34ClN7O10/c1-3-4-9-24-33-28(32)25(30(40)46-17(2)47-31(41)48-22-15-44-27-23(49-39(42)43)16-45-26(22)27)38(24)14-18-10-12-19(13-11-18)20-7-5-6-8-21(20)29-34-36-37-35-29/h5-8,10-13,17,22-23,26-27,42-43H,3-4,9,14-16H2,1-2H3,(H,34,35,36,37)/t17-,22-,23+,26+,27+/m0/s1. The van der Waals surface area contributed by atoms with Crippen LogP contribution in [-0.4, -0.2) is 102 Å². The number of carbonyl (C=O) groups is 2. The topological polar surface area (TPSA) is 205 Å². The minimum absolute atomic E-state index is 0.0167. The molecule has 2 aliphatic rings. The summed E-state index contributed by atoms with van der Waals surface area (Å²) in [5.41, 5.74) is 3.62. The summed E-state index contributed by atoms with van der Waals surface area (Å²) < 4.78 is 28.7. The lowest BCUT2D eigenvalue weighted by Gasteiger charge is -2.19. The van der Waals surface area contributed by atoms with Gasteiger partial charge in [-0.05, 0) is 33.5 Å². The van der Waals surface area contributed by atoms with Crippen LogP contribution >= 0.6 is 11.6 Å². The molecule has 3 N–H and O–H groups in total. The zero-order valence-corrected chi connectivity index (χ0v) is 27.2. The Morgan fingerprint density at radius 2 is 1.78 bits per heavy atom. The molecule has 0 unspecified atom stereocenters. The molecule has 49 heavy (non-hydrogen) atoms. The number of tetrazole rings is 1. The molecule has 0 spiro atoms. The fourth-order valence-electron chi connectivity index (χ4n) is 5.80. The van der Waals surface area contributed by atoms with Crippen LogP contribution in [0.5, 0.6) is 0 Å². The van der Waals surface area contributed by atoms with Crippen LogP contribution in [0.4, 0.5) is 4.79 Å². The monoisotopic (exact) mass is 699 g/mol. The van der Waals surface area contributed by atoms with Gasteiger partial charge in [0.1, 0.15) is 24.1 Å².